The van der Waals surface area contributed by atoms with Crippen LogP contribution in [0, 0.1) is 0 Å². The molecule has 12 heteroatoms. The van der Waals surface area contributed by atoms with E-state index in [2.05, 4.69) is 455 Å². The van der Waals surface area contributed by atoms with Crippen LogP contribution < -0.4 is 0 Å². The molecule has 6 aromatic heterocycles. The van der Waals surface area contributed by atoms with Crippen LogP contribution in [-0.2, 0) is 16.2 Å². The average Bonchev–Trinajstić information content (AvgIpc) is 1.52. The highest BCUT2D eigenvalue weighted by molar-refractivity contribution is 8.00. The summed E-state index contributed by atoms with van der Waals surface area (Å²) < 4.78 is 7.25. The van der Waals surface area contributed by atoms with Gasteiger partial charge < -0.3 is 4.42 Å². The Hall–Kier alpha value is -17.6. The predicted octanol–water partition coefficient (Wildman–Crippen LogP) is 34.9. The molecule has 8 nitrogen and oxygen atoms in total. The Morgan fingerprint density at radius 3 is 0.905 bits per heavy atom. The standard InChI is InChI=1S/C136H81N7OS4/c1-5-31-84(32-6-1)114-79-115(85-33-7-2-8-34-85)139-131(138-114)99-46-30-76-137-127(99)98-45-29-56-113-130(98)148-125-59-26-23-53-110(125)136(113)105-50-20-16-42-95(105)101-78-91(69-71-107(101)136)82-60-64-88(65-61-82)118-80-116(86-35-9-3-10-36-86)140-132(141-118)121-73-72-120(144-121)96-43-27-54-111-128(96)146-123-57-24-22-52-109(123)135(111)104-49-19-15-41-94(104)100-77-90(68-70-106(100)135)83-62-66-89(67-63-83)119-81-117(87-37-11-4-12-38-87)142-133(143-119)126-75-74-122(145-126)97-44-28-55-112-129(97)147-124-58-25-21-51-108(124)134(112)102-47-17-13-39-92(102)93-40-14-18-48-103(93)134/h1-81H. The molecule has 0 amide bonds. The molecule has 0 N–H and O–H groups in total. The van der Waals surface area contributed by atoms with Crippen molar-refractivity contribution in [2.75, 3.05) is 0 Å². The van der Waals surface area contributed by atoms with E-state index in [0.29, 0.717) is 23.2 Å². The molecule has 0 saturated carbocycles. The van der Waals surface area contributed by atoms with E-state index < -0.39 is 16.2 Å². The maximum absolute atomic E-state index is 7.25. The number of furan rings is 1. The highest BCUT2D eigenvalue weighted by Gasteiger charge is 2.55. The second-order valence-electron chi connectivity index (χ2n) is 38.5. The number of pyridine rings is 1. The van der Waals surface area contributed by atoms with Gasteiger partial charge in [0.2, 0.25) is 0 Å². The van der Waals surface area contributed by atoms with Gasteiger partial charge in [-0.1, -0.05) is 436 Å². The third-order valence-corrected chi connectivity index (χ3v) is 35.6. The number of aromatic nitrogens is 7. The molecule has 3 spiro atoms. The van der Waals surface area contributed by atoms with Gasteiger partial charge in [0.25, 0.3) is 0 Å². The summed E-state index contributed by atoms with van der Waals surface area (Å²) in [4.78, 5) is 47.1. The van der Waals surface area contributed by atoms with Crippen LogP contribution in [0.3, 0.4) is 0 Å². The Bertz CT molecular complexity index is 9500. The fourth-order valence-electron chi connectivity index (χ4n) is 24.3. The Kier molecular flexibility index (Phi) is 19.9. The maximum atomic E-state index is 7.25. The van der Waals surface area contributed by atoms with Crippen molar-refractivity contribution in [3.05, 3.63) is 558 Å². The molecule has 148 heavy (non-hydrogen) atoms. The first-order valence-electron chi connectivity index (χ1n) is 50.0. The largest absolute Gasteiger partial charge is 0.453 e. The summed E-state index contributed by atoms with van der Waals surface area (Å²) in [5.41, 5.74) is 41.1. The van der Waals surface area contributed by atoms with Gasteiger partial charge in [-0.15, -0.1) is 11.3 Å². The molecule has 2 unspecified atom stereocenters. The first-order chi connectivity index (χ1) is 73.3. The van der Waals surface area contributed by atoms with Crippen molar-refractivity contribution in [3.8, 4) is 190 Å². The van der Waals surface area contributed by atoms with Crippen molar-refractivity contribution in [2.45, 2.75) is 45.6 Å². The number of rotatable bonds is 14. The molecule has 3 aliphatic heterocycles. The zero-order valence-electron chi connectivity index (χ0n) is 79.4. The molecule has 18 aromatic carbocycles. The number of fused-ring (bicyclic) bond motifs is 27. The summed E-state index contributed by atoms with van der Waals surface area (Å²) in [5, 5.41) is 0. The van der Waals surface area contributed by atoms with Crippen molar-refractivity contribution in [1.82, 2.24) is 34.9 Å². The van der Waals surface area contributed by atoms with Gasteiger partial charge in [0.1, 0.15) is 5.76 Å². The molecule has 0 saturated heterocycles. The fraction of sp³-hybridized carbons (Fsp3) is 0.0221. The van der Waals surface area contributed by atoms with E-state index >= 15 is 0 Å². The van der Waals surface area contributed by atoms with Crippen LogP contribution in [0.15, 0.2) is 525 Å². The Morgan fingerprint density at radius 1 is 0.176 bits per heavy atom. The van der Waals surface area contributed by atoms with Gasteiger partial charge in [-0.05, 0) is 207 Å². The van der Waals surface area contributed by atoms with Gasteiger partial charge in [-0.25, -0.2) is 29.9 Å². The maximum Gasteiger partial charge on any atom is 0.196 e. The normalized spacial score (nSPS) is 14.9. The zero-order valence-corrected chi connectivity index (χ0v) is 82.7. The van der Waals surface area contributed by atoms with E-state index in [1.807, 2.05) is 71.8 Å². The van der Waals surface area contributed by atoms with E-state index in [1.54, 1.807) is 11.3 Å². The van der Waals surface area contributed by atoms with Gasteiger partial charge in [0, 0.05) is 96.1 Å². The molecule has 30 rings (SSSR count). The Morgan fingerprint density at radius 2 is 0.473 bits per heavy atom. The first-order valence-corrected chi connectivity index (χ1v) is 53.3. The topological polar surface area (TPSA) is 103 Å². The van der Waals surface area contributed by atoms with Gasteiger partial charge in [-0.2, -0.15) is 0 Å². The van der Waals surface area contributed by atoms with Gasteiger partial charge in [-0.3, -0.25) is 4.98 Å². The number of hydrogen-bond donors (Lipinski definition) is 0. The van der Waals surface area contributed by atoms with Crippen molar-refractivity contribution < 1.29 is 4.42 Å². The second-order valence-corrected chi connectivity index (χ2v) is 42.8. The number of benzene rings is 18. The summed E-state index contributed by atoms with van der Waals surface area (Å²) in [6.07, 6.45) is 1.90. The second kappa shape index (κ2) is 34.3. The average molecular weight is 1960 g/mol. The summed E-state index contributed by atoms with van der Waals surface area (Å²) in [6, 6.07) is 177. The van der Waals surface area contributed by atoms with E-state index in [-0.39, 0.29) is 0 Å². The lowest BCUT2D eigenvalue weighted by Gasteiger charge is -2.40. The highest BCUT2D eigenvalue weighted by atomic mass is 32.2. The minimum Gasteiger partial charge on any atom is -0.453 e. The van der Waals surface area contributed by atoms with Gasteiger partial charge in [0.05, 0.1) is 61.0 Å². The van der Waals surface area contributed by atoms with Crippen LogP contribution in [0.1, 0.15) is 66.8 Å². The molecule has 9 heterocycles. The van der Waals surface area contributed by atoms with Crippen molar-refractivity contribution >= 4 is 46.6 Å². The SMILES string of the molecule is c1ccc(-c2cc(-c3ccc(-c4ccc5c(c4)-c4ccccc4C54c5ccccc5Sc5c(-c6ncccc6-c6nc(-c7ccccc7)cc(-c7ccccc7)n6)cccc54)cc3)nc(-c3ccc(-c4cccc5c4Sc4ccccc4C54c5ccccc5-c5cc(-c6ccc(-c7cc(-c8ccccc8)nc(-c8ccc(-c9cccc%10c9Sc9ccccc9C%109c%10ccccc%10-c%10ccccc%109)s8)n7)cc6)ccc54)o3)n2)cc1. The van der Waals surface area contributed by atoms with E-state index in [1.165, 1.54) is 130 Å². The first kappa shape index (κ1) is 85.9. The van der Waals surface area contributed by atoms with Crippen LogP contribution in [0.25, 0.3) is 190 Å². The minimum atomic E-state index is -0.672. The van der Waals surface area contributed by atoms with Crippen LogP contribution in [0.4, 0.5) is 0 Å². The molecule has 6 aliphatic rings. The van der Waals surface area contributed by atoms with Crippen molar-refractivity contribution in [1.29, 1.82) is 0 Å². The van der Waals surface area contributed by atoms with Crippen LogP contribution in [0.2, 0.25) is 0 Å². The molecule has 0 bridgehead atoms. The fourth-order valence-corrected chi connectivity index (χ4v) is 29.3. The lowest BCUT2D eigenvalue weighted by Crippen LogP contribution is -2.32. The summed E-state index contributed by atoms with van der Waals surface area (Å²) >= 11 is 7.28. The minimum absolute atomic E-state index is 0.473. The number of thiophene rings is 1. The lowest BCUT2D eigenvalue weighted by molar-refractivity contribution is 0.590. The molecule has 0 radical (unpaired) electrons. The van der Waals surface area contributed by atoms with Crippen molar-refractivity contribution in [3.63, 3.8) is 0 Å². The summed E-state index contributed by atoms with van der Waals surface area (Å²) in [6.45, 7) is 0. The molecule has 2 atom stereocenters. The lowest BCUT2D eigenvalue weighted by atomic mass is 9.67. The molecular weight excluding hydrogens is 1880 g/mol. The van der Waals surface area contributed by atoms with Crippen LogP contribution in [-0.4, -0.2) is 34.9 Å². The van der Waals surface area contributed by atoms with Gasteiger partial charge in [0.15, 0.2) is 23.2 Å². The highest BCUT2D eigenvalue weighted by Crippen LogP contribution is 2.68. The molecule has 0 fully saturated rings. The van der Waals surface area contributed by atoms with Gasteiger partial charge >= 0.3 is 0 Å². The quantitative estimate of drug-likeness (QED) is 0.104. The van der Waals surface area contributed by atoms with Crippen molar-refractivity contribution in [2.24, 2.45) is 0 Å². The van der Waals surface area contributed by atoms with E-state index in [4.69, 9.17) is 39.3 Å². The van der Waals surface area contributed by atoms with E-state index in [0.717, 1.165) is 133 Å². The predicted molar refractivity (Wildman–Crippen MR) is 602 cm³/mol. The molecule has 3 aliphatic carbocycles. The molecule has 690 valence electrons. The number of nitrogens with zero attached hydrogens (tertiary/aromatic N) is 7. The Labute approximate surface area is 872 Å². The molecular formula is C136H81N7OS4. The summed E-state index contributed by atoms with van der Waals surface area (Å²) in [5.74, 6) is 3.10. The third kappa shape index (κ3) is 13.3. The third-order valence-electron chi connectivity index (χ3n) is 30.8. The van der Waals surface area contributed by atoms with Crippen LogP contribution in [0.5, 0.6) is 0 Å². The zero-order chi connectivity index (χ0) is 97.3. The summed E-state index contributed by atoms with van der Waals surface area (Å²) in [7, 11) is 0. The van der Waals surface area contributed by atoms with E-state index in [9.17, 15) is 0 Å². The smallest absolute Gasteiger partial charge is 0.196 e. The number of hydrogen-bond acceptors (Lipinski definition) is 12. The monoisotopic (exact) mass is 1960 g/mol. The molecule has 24 aromatic rings. The van der Waals surface area contributed by atoms with Crippen LogP contribution >= 0.6 is 46.6 Å². The Balaban J connectivity index is 0.467.